The Bertz CT molecular complexity index is 687. The molecule has 0 spiro atoms. The summed E-state index contributed by atoms with van der Waals surface area (Å²) >= 11 is 0. The second kappa shape index (κ2) is 15.5. The van der Waals surface area contributed by atoms with E-state index in [1.165, 1.54) is 0 Å². The number of carbonyl (C=O) groups excluding carboxylic acids is 5. The van der Waals surface area contributed by atoms with Gasteiger partial charge in [0.2, 0.25) is 29.5 Å². The standard InChI is InChI=1S/C18H33N7O7/c19-8-2-1-3-12(18(31)32)24-15(28)9-23-17(30)11(5-7-14(22)27)25-16(29)10(20)4-6-13(21)26/h10-12H,1-9,19-20H2,(H2,21,26)(H2,22,27)(H,23,30)(H,24,28)(H,25,29)(H,31,32). The Kier molecular flexibility index (Phi) is 13.9. The zero-order chi connectivity index (χ0) is 24.7. The second-order valence-corrected chi connectivity index (χ2v) is 7.14. The van der Waals surface area contributed by atoms with Gasteiger partial charge in [0.05, 0.1) is 12.6 Å². The lowest BCUT2D eigenvalue weighted by atomic mass is 10.1. The van der Waals surface area contributed by atoms with Crippen LogP contribution in [-0.2, 0) is 28.8 Å². The van der Waals surface area contributed by atoms with E-state index in [9.17, 15) is 33.9 Å². The molecule has 182 valence electrons. The fraction of sp³-hybridized carbons (Fsp3) is 0.667. The van der Waals surface area contributed by atoms with Crippen molar-refractivity contribution in [3.05, 3.63) is 0 Å². The van der Waals surface area contributed by atoms with E-state index in [1.54, 1.807) is 0 Å². The second-order valence-electron chi connectivity index (χ2n) is 7.14. The largest absolute Gasteiger partial charge is 0.480 e. The molecule has 0 aliphatic heterocycles. The van der Waals surface area contributed by atoms with Gasteiger partial charge in [-0.25, -0.2) is 4.79 Å². The van der Waals surface area contributed by atoms with Gasteiger partial charge in [-0.05, 0) is 38.6 Å². The minimum absolute atomic E-state index is 0.0472. The Hall–Kier alpha value is -3.26. The van der Waals surface area contributed by atoms with Gasteiger partial charge in [0.25, 0.3) is 0 Å². The normalized spacial score (nSPS) is 13.3. The van der Waals surface area contributed by atoms with E-state index in [0.29, 0.717) is 19.4 Å². The molecule has 0 saturated heterocycles. The van der Waals surface area contributed by atoms with Crippen molar-refractivity contribution in [2.24, 2.45) is 22.9 Å². The number of unbranched alkanes of at least 4 members (excludes halogenated alkanes) is 1. The van der Waals surface area contributed by atoms with Crippen molar-refractivity contribution in [2.45, 2.75) is 63.1 Å². The van der Waals surface area contributed by atoms with Crippen LogP contribution in [0.2, 0.25) is 0 Å². The number of carboxylic acid groups (broad SMARTS) is 1. The third-order valence-electron chi connectivity index (χ3n) is 4.35. The maximum Gasteiger partial charge on any atom is 0.326 e. The summed E-state index contributed by atoms with van der Waals surface area (Å²) in [5.41, 5.74) is 21.1. The number of hydrogen-bond acceptors (Lipinski definition) is 8. The summed E-state index contributed by atoms with van der Waals surface area (Å²) < 4.78 is 0. The monoisotopic (exact) mass is 459 g/mol. The number of hydrogen-bond donors (Lipinski definition) is 8. The molecule has 12 N–H and O–H groups in total. The third-order valence-corrected chi connectivity index (χ3v) is 4.35. The molecule has 0 saturated carbocycles. The molecular weight excluding hydrogens is 426 g/mol. The van der Waals surface area contributed by atoms with E-state index >= 15 is 0 Å². The van der Waals surface area contributed by atoms with Crippen molar-refractivity contribution in [3.8, 4) is 0 Å². The summed E-state index contributed by atoms with van der Waals surface area (Å²) in [5.74, 6) is -4.90. The fourth-order valence-corrected chi connectivity index (χ4v) is 2.55. The van der Waals surface area contributed by atoms with Gasteiger partial charge < -0.3 is 44.0 Å². The molecule has 0 bridgehead atoms. The van der Waals surface area contributed by atoms with Crippen molar-refractivity contribution in [2.75, 3.05) is 13.1 Å². The lowest BCUT2D eigenvalue weighted by Gasteiger charge is -2.20. The van der Waals surface area contributed by atoms with E-state index in [-0.39, 0.29) is 32.1 Å². The first kappa shape index (κ1) is 28.7. The minimum Gasteiger partial charge on any atom is -0.480 e. The molecule has 14 nitrogen and oxygen atoms in total. The molecule has 5 amide bonds. The van der Waals surface area contributed by atoms with Crippen LogP contribution in [0.4, 0.5) is 0 Å². The van der Waals surface area contributed by atoms with Gasteiger partial charge in [0.1, 0.15) is 12.1 Å². The maximum atomic E-state index is 12.4. The molecule has 0 aliphatic rings. The Morgan fingerprint density at radius 1 is 0.781 bits per heavy atom. The van der Waals surface area contributed by atoms with E-state index in [1.807, 2.05) is 0 Å². The van der Waals surface area contributed by atoms with Crippen molar-refractivity contribution < 1.29 is 33.9 Å². The topological polar surface area (TPSA) is 263 Å². The first-order valence-electron chi connectivity index (χ1n) is 10.1. The van der Waals surface area contributed by atoms with Gasteiger partial charge in [0.15, 0.2) is 0 Å². The molecule has 3 atom stereocenters. The summed E-state index contributed by atoms with van der Waals surface area (Å²) in [6.45, 7) is -0.170. The number of nitrogens with two attached hydrogens (primary N) is 4. The van der Waals surface area contributed by atoms with Gasteiger partial charge in [-0.2, -0.15) is 0 Å². The smallest absolute Gasteiger partial charge is 0.326 e. The van der Waals surface area contributed by atoms with Gasteiger partial charge in [0, 0.05) is 12.8 Å². The number of carbonyl (C=O) groups is 6. The van der Waals surface area contributed by atoms with Crippen LogP contribution in [-0.4, -0.2) is 71.8 Å². The molecule has 0 aromatic rings. The quantitative estimate of drug-likeness (QED) is 0.0987. The SMILES string of the molecule is NCCCCC(NC(=O)CNC(=O)C(CCC(N)=O)NC(=O)C(N)CCC(N)=O)C(=O)O. The number of primary amides is 2. The molecule has 3 unspecified atom stereocenters. The van der Waals surface area contributed by atoms with Gasteiger partial charge in [-0.3, -0.25) is 24.0 Å². The van der Waals surface area contributed by atoms with Crippen LogP contribution in [0.5, 0.6) is 0 Å². The molecule has 0 aromatic heterocycles. The molecule has 0 rings (SSSR count). The fourth-order valence-electron chi connectivity index (χ4n) is 2.55. The van der Waals surface area contributed by atoms with Crippen molar-refractivity contribution in [3.63, 3.8) is 0 Å². The summed E-state index contributed by atoms with van der Waals surface area (Å²) in [6.07, 6.45) is 0.692. The summed E-state index contributed by atoms with van der Waals surface area (Å²) in [6, 6.07) is -3.50. The highest BCUT2D eigenvalue weighted by atomic mass is 16.4. The van der Waals surface area contributed by atoms with Crippen molar-refractivity contribution in [1.29, 1.82) is 0 Å². The minimum atomic E-state index is -1.23. The number of rotatable bonds is 17. The highest BCUT2D eigenvalue weighted by Gasteiger charge is 2.25. The van der Waals surface area contributed by atoms with Crippen LogP contribution in [0.3, 0.4) is 0 Å². The van der Waals surface area contributed by atoms with Crippen molar-refractivity contribution in [1.82, 2.24) is 16.0 Å². The maximum absolute atomic E-state index is 12.4. The molecular formula is C18H33N7O7. The molecule has 14 heteroatoms. The average molecular weight is 460 g/mol. The molecule has 32 heavy (non-hydrogen) atoms. The zero-order valence-electron chi connectivity index (χ0n) is 17.8. The Labute approximate surface area is 185 Å². The first-order valence-corrected chi connectivity index (χ1v) is 10.1. The summed E-state index contributed by atoms with van der Waals surface area (Å²) in [5, 5.41) is 16.1. The highest BCUT2D eigenvalue weighted by Crippen LogP contribution is 2.02. The van der Waals surface area contributed by atoms with Crippen LogP contribution in [0.1, 0.15) is 44.9 Å². The molecule has 0 aromatic carbocycles. The zero-order valence-corrected chi connectivity index (χ0v) is 17.8. The Morgan fingerprint density at radius 3 is 1.91 bits per heavy atom. The van der Waals surface area contributed by atoms with Gasteiger partial charge in [-0.1, -0.05) is 0 Å². The van der Waals surface area contributed by atoms with Gasteiger partial charge >= 0.3 is 5.97 Å². The van der Waals surface area contributed by atoms with E-state index < -0.39 is 60.2 Å². The number of aliphatic carboxylic acids is 1. The molecule has 0 fully saturated rings. The number of carboxylic acids is 1. The molecule has 0 radical (unpaired) electrons. The van der Waals surface area contributed by atoms with E-state index in [0.717, 1.165) is 0 Å². The predicted molar refractivity (Wildman–Crippen MR) is 112 cm³/mol. The summed E-state index contributed by atoms with van der Waals surface area (Å²) in [7, 11) is 0. The predicted octanol–water partition coefficient (Wildman–Crippen LogP) is -3.86. The first-order chi connectivity index (χ1) is 15.0. The van der Waals surface area contributed by atoms with E-state index in [4.69, 9.17) is 22.9 Å². The van der Waals surface area contributed by atoms with Crippen LogP contribution < -0.4 is 38.9 Å². The van der Waals surface area contributed by atoms with Crippen LogP contribution in [0.25, 0.3) is 0 Å². The Balaban J connectivity index is 4.86. The number of amides is 5. The molecule has 0 aliphatic carbocycles. The lowest BCUT2D eigenvalue weighted by molar-refractivity contribution is -0.142. The summed E-state index contributed by atoms with van der Waals surface area (Å²) in [4.78, 5) is 69.7. The highest BCUT2D eigenvalue weighted by molar-refractivity contribution is 5.93. The average Bonchev–Trinajstić information content (AvgIpc) is 2.71. The van der Waals surface area contributed by atoms with Crippen LogP contribution >= 0.6 is 0 Å². The van der Waals surface area contributed by atoms with Gasteiger partial charge in [-0.15, -0.1) is 0 Å². The molecule has 0 heterocycles. The van der Waals surface area contributed by atoms with Crippen LogP contribution in [0.15, 0.2) is 0 Å². The van der Waals surface area contributed by atoms with Crippen molar-refractivity contribution >= 4 is 35.5 Å². The lowest BCUT2D eigenvalue weighted by Crippen LogP contribution is -2.53. The van der Waals surface area contributed by atoms with E-state index in [2.05, 4.69) is 16.0 Å². The Morgan fingerprint density at radius 2 is 1.38 bits per heavy atom. The van der Waals surface area contributed by atoms with Crippen LogP contribution in [0, 0.1) is 0 Å². The third kappa shape index (κ3) is 13.1. The number of nitrogens with one attached hydrogen (secondary N) is 3.